The van der Waals surface area contributed by atoms with E-state index in [4.69, 9.17) is 14.8 Å². The Hall–Kier alpha value is -3.10. The van der Waals surface area contributed by atoms with E-state index in [1.807, 2.05) is 25.1 Å². The second-order valence-corrected chi connectivity index (χ2v) is 8.11. The molecule has 0 saturated carbocycles. The van der Waals surface area contributed by atoms with Crippen LogP contribution in [0, 0.1) is 6.92 Å². The standard InChI is InChI=1S/C22H21N3O4S/c1-13-19(30-21(23-13)20(26)24-16-4-3-11-29-12-16)18-6-2-5-17(25-18)14-7-9-15(10-8-14)22(27)28/h2,5-10,16H,3-4,11-12H2,1H3,(H,24,26)(H,27,28). The van der Waals surface area contributed by atoms with Gasteiger partial charge in [0.25, 0.3) is 5.91 Å². The van der Waals surface area contributed by atoms with Crippen molar-refractivity contribution in [3.8, 4) is 21.8 Å². The average molecular weight is 423 g/mol. The molecule has 1 aliphatic heterocycles. The molecule has 154 valence electrons. The molecule has 1 aromatic carbocycles. The Morgan fingerprint density at radius 2 is 1.90 bits per heavy atom. The van der Waals surface area contributed by atoms with E-state index in [-0.39, 0.29) is 17.5 Å². The number of nitrogens with one attached hydrogen (secondary N) is 1. The third-order valence-corrected chi connectivity index (χ3v) is 6.07. The van der Waals surface area contributed by atoms with Gasteiger partial charge in [0.05, 0.1) is 40.2 Å². The second kappa shape index (κ2) is 8.73. The lowest BCUT2D eigenvalue weighted by atomic mass is 10.1. The van der Waals surface area contributed by atoms with Crippen LogP contribution < -0.4 is 5.32 Å². The first-order chi connectivity index (χ1) is 14.5. The highest BCUT2D eigenvalue weighted by atomic mass is 32.1. The van der Waals surface area contributed by atoms with Crippen LogP contribution in [0.15, 0.2) is 42.5 Å². The van der Waals surface area contributed by atoms with Crippen LogP contribution >= 0.6 is 11.3 Å². The molecule has 1 fully saturated rings. The first-order valence-corrected chi connectivity index (χ1v) is 10.5. The van der Waals surface area contributed by atoms with Gasteiger partial charge in [0.15, 0.2) is 5.01 Å². The fourth-order valence-electron chi connectivity index (χ4n) is 3.34. The van der Waals surface area contributed by atoms with Gasteiger partial charge in [0, 0.05) is 12.2 Å². The fourth-order valence-corrected chi connectivity index (χ4v) is 4.28. The third kappa shape index (κ3) is 4.39. The number of carboxylic acid groups (broad SMARTS) is 1. The maximum Gasteiger partial charge on any atom is 0.335 e. The number of nitrogens with zero attached hydrogens (tertiary/aromatic N) is 2. The summed E-state index contributed by atoms with van der Waals surface area (Å²) in [6, 6.07) is 12.2. The lowest BCUT2D eigenvalue weighted by molar-refractivity contribution is 0.0624. The zero-order valence-corrected chi connectivity index (χ0v) is 17.2. The number of carboxylic acids is 1. The van der Waals surface area contributed by atoms with E-state index in [0.717, 1.165) is 47.0 Å². The summed E-state index contributed by atoms with van der Waals surface area (Å²) in [7, 11) is 0. The number of carbonyl (C=O) groups excluding carboxylic acids is 1. The molecule has 1 amide bonds. The molecule has 30 heavy (non-hydrogen) atoms. The van der Waals surface area contributed by atoms with Gasteiger partial charge >= 0.3 is 5.97 Å². The maximum absolute atomic E-state index is 12.6. The van der Waals surface area contributed by atoms with Crippen molar-refractivity contribution in [1.82, 2.24) is 15.3 Å². The van der Waals surface area contributed by atoms with Crippen molar-refractivity contribution in [3.05, 3.63) is 58.7 Å². The lowest BCUT2D eigenvalue weighted by Crippen LogP contribution is -2.40. The number of hydrogen-bond donors (Lipinski definition) is 2. The van der Waals surface area contributed by atoms with Gasteiger partial charge in [0.1, 0.15) is 0 Å². The van der Waals surface area contributed by atoms with Gasteiger partial charge in [-0.15, -0.1) is 11.3 Å². The molecule has 3 heterocycles. The smallest absolute Gasteiger partial charge is 0.335 e. The minimum atomic E-state index is -0.964. The Balaban J connectivity index is 1.56. The van der Waals surface area contributed by atoms with E-state index < -0.39 is 5.97 Å². The van der Waals surface area contributed by atoms with E-state index in [9.17, 15) is 9.59 Å². The number of amides is 1. The van der Waals surface area contributed by atoms with Crippen molar-refractivity contribution >= 4 is 23.2 Å². The molecule has 0 bridgehead atoms. The Bertz CT molecular complexity index is 1070. The Kier molecular flexibility index (Phi) is 5.87. The van der Waals surface area contributed by atoms with Crippen LogP contribution in [0.1, 0.15) is 38.7 Å². The first-order valence-electron chi connectivity index (χ1n) is 9.68. The highest BCUT2D eigenvalue weighted by molar-refractivity contribution is 7.17. The van der Waals surface area contributed by atoms with Gasteiger partial charge in [-0.3, -0.25) is 4.79 Å². The topological polar surface area (TPSA) is 101 Å². The third-order valence-electron chi connectivity index (χ3n) is 4.90. The highest BCUT2D eigenvalue weighted by Crippen LogP contribution is 2.30. The molecule has 0 aliphatic carbocycles. The quantitative estimate of drug-likeness (QED) is 0.647. The number of aromatic carboxylic acids is 1. The summed E-state index contributed by atoms with van der Waals surface area (Å²) in [5.41, 5.74) is 3.25. The van der Waals surface area contributed by atoms with Crippen LogP contribution in [0.5, 0.6) is 0 Å². The van der Waals surface area contributed by atoms with E-state index in [2.05, 4.69) is 10.3 Å². The number of ether oxygens (including phenoxy) is 1. The van der Waals surface area contributed by atoms with Crippen LogP contribution in [0.2, 0.25) is 0 Å². The summed E-state index contributed by atoms with van der Waals surface area (Å²) in [5.74, 6) is -1.15. The zero-order chi connectivity index (χ0) is 21.1. The monoisotopic (exact) mass is 423 g/mol. The SMILES string of the molecule is Cc1nc(C(=O)NC2CCCOC2)sc1-c1cccc(-c2ccc(C(=O)O)cc2)n1. The minimum Gasteiger partial charge on any atom is -0.478 e. The summed E-state index contributed by atoms with van der Waals surface area (Å²) in [5, 5.41) is 12.5. The predicted molar refractivity (Wildman–Crippen MR) is 114 cm³/mol. The van der Waals surface area contributed by atoms with Gasteiger partial charge in [-0.1, -0.05) is 18.2 Å². The van der Waals surface area contributed by atoms with Gasteiger partial charge in [-0.25, -0.2) is 14.8 Å². The van der Waals surface area contributed by atoms with Gasteiger partial charge in [-0.05, 0) is 44.0 Å². The van der Waals surface area contributed by atoms with Gasteiger partial charge in [0.2, 0.25) is 0 Å². The van der Waals surface area contributed by atoms with Crippen LogP contribution in [0.4, 0.5) is 0 Å². The molecule has 1 unspecified atom stereocenters. The summed E-state index contributed by atoms with van der Waals surface area (Å²) in [6.07, 6.45) is 1.85. The number of rotatable bonds is 5. The molecule has 1 saturated heterocycles. The Labute approximate surface area is 177 Å². The number of carbonyl (C=O) groups is 2. The van der Waals surface area contributed by atoms with Crippen molar-refractivity contribution in [2.75, 3.05) is 13.2 Å². The molecule has 3 aromatic rings. The summed E-state index contributed by atoms with van der Waals surface area (Å²) < 4.78 is 5.42. The molecular formula is C22H21N3O4S. The molecule has 2 aromatic heterocycles. The molecule has 0 radical (unpaired) electrons. The van der Waals surface area contributed by atoms with Crippen molar-refractivity contribution in [3.63, 3.8) is 0 Å². The first kappa shape index (κ1) is 20.2. The number of pyridine rings is 1. The molecule has 0 spiro atoms. The van der Waals surface area contributed by atoms with Crippen molar-refractivity contribution in [2.24, 2.45) is 0 Å². The minimum absolute atomic E-state index is 0.0223. The van der Waals surface area contributed by atoms with Crippen LogP contribution in [-0.2, 0) is 4.74 Å². The van der Waals surface area contributed by atoms with Crippen LogP contribution in [0.3, 0.4) is 0 Å². The van der Waals surface area contributed by atoms with E-state index in [1.165, 1.54) is 11.3 Å². The van der Waals surface area contributed by atoms with E-state index >= 15 is 0 Å². The summed E-state index contributed by atoms with van der Waals surface area (Å²) >= 11 is 1.32. The maximum atomic E-state index is 12.6. The number of thiazole rings is 1. The predicted octanol–water partition coefficient (Wildman–Crippen LogP) is 3.79. The lowest BCUT2D eigenvalue weighted by Gasteiger charge is -2.22. The zero-order valence-electron chi connectivity index (χ0n) is 16.4. The molecule has 8 heteroatoms. The van der Waals surface area contributed by atoms with Crippen LogP contribution in [0.25, 0.3) is 21.8 Å². The van der Waals surface area contributed by atoms with Crippen molar-refractivity contribution < 1.29 is 19.4 Å². The number of aromatic nitrogens is 2. The number of hydrogen-bond acceptors (Lipinski definition) is 6. The van der Waals surface area contributed by atoms with Crippen molar-refractivity contribution in [2.45, 2.75) is 25.8 Å². The molecular weight excluding hydrogens is 402 g/mol. The van der Waals surface area contributed by atoms with E-state index in [0.29, 0.717) is 11.6 Å². The normalized spacial score (nSPS) is 16.2. The Morgan fingerprint density at radius 1 is 1.13 bits per heavy atom. The van der Waals surface area contributed by atoms with E-state index in [1.54, 1.807) is 24.3 Å². The molecule has 2 N–H and O–H groups in total. The van der Waals surface area contributed by atoms with Gasteiger partial charge < -0.3 is 15.2 Å². The van der Waals surface area contributed by atoms with Crippen molar-refractivity contribution in [1.29, 1.82) is 0 Å². The second-order valence-electron chi connectivity index (χ2n) is 7.11. The number of benzene rings is 1. The molecule has 7 nitrogen and oxygen atoms in total. The Morgan fingerprint density at radius 3 is 2.60 bits per heavy atom. The average Bonchev–Trinajstić information content (AvgIpc) is 3.16. The summed E-state index contributed by atoms with van der Waals surface area (Å²) in [4.78, 5) is 33.6. The number of aryl methyl sites for hydroxylation is 1. The van der Waals surface area contributed by atoms with Crippen LogP contribution in [-0.4, -0.2) is 46.2 Å². The molecule has 1 atom stereocenters. The largest absolute Gasteiger partial charge is 0.478 e. The highest BCUT2D eigenvalue weighted by Gasteiger charge is 2.21. The van der Waals surface area contributed by atoms with Gasteiger partial charge in [-0.2, -0.15) is 0 Å². The summed E-state index contributed by atoms with van der Waals surface area (Å²) in [6.45, 7) is 3.14. The molecule has 1 aliphatic rings. The fraction of sp³-hybridized carbons (Fsp3) is 0.273. The molecule has 4 rings (SSSR count).